The smallest absolute Gasteiger partial charge is 0.343 e. The van der Waals surface area contributed by atoms with E-state index in [1.165, 1.54) is 49.6 Å². The number of ether oxygens (including phenoxy) is 3. The van der Waals surface area contributed by atoms with Gasteiger partial charge in [-0.15, -0.1) is 0 Å². The summed E-state index contributed by atoms with van der Waals surface area (Å²) in [6.07, 6.45) is 1.41. The van der Waals surface area contributed by atoms with Crippen LogP contribution in [0.25, 0.3) is 6.08 Å². The number of hydrogen-bond acceptors (Lipinski definition) is 8. The zero-order valence-corrected chi connectivity index (χ0v) is 20.2. The maximum atomic E-state index is 13.7. The number of para-hydroxylation sites is 1. The van der Waals surface area contributed by atoms with Gasteiger partial charge in [-0.2, -0.15) is 0 Å². The average molecular weight is 523 g/mol. The lowest BCUT2D eigenvalue weighted by atomic mass is 10.1. The summed E-state index contributed by atoms with van der Waals surface area (Å²) in [5.41, 5.74) is 0.359. The standard InChI is InChI=1S/C23H20ClFN2O7S/c1-3-33-17-9-13(8-14(24)21(17)34-12-20(29)32-2)10-18-22(30)27(23(31)35-18)11-19(28)26-16-7-5-4-6-15(16)25/h4-10H,3,11-12H2,1-2H3,(H,26,28)/b18-10-. The van der Waals surface area contributed by atoms with Gasteiger partial charge in [-0.1, -0.05) is 23.7 Å². The molecular weight excluding hydrogens is 503 g/mol. The van der Waals surface area contributed by atoms with E-state index in [9.17, 15) is 23.6 Å². The van der Waals surface area contributed by atoms with Crippen molar-refractivity contribution >= 4 is 58.1 Å². The highest BCUT2D eigenvalue weighted by Gasteiger charge is 2.36. The van der Waals surface area contributed by atoms with E-state index in [4.69, 9.17) is 21.1 Å². The van der Waals surface area contributed by atoms with Gasteiger partial charge in [-0.05, 0) is 54.6 Å². The number of halogens is 2. The van der Waals surface area contributed by atoms with E-state index in [0.29, 0.717) is 17.3 Å². The summed E-state index contributed by atoms with van der Waals surface area (Å²) in [5.74, 6) is -2.33. The average Bonchev–Trinajstić information content (AvgIpc) is 3.07. The zero-order valence-electron chi connectivity index (χ0n) is 18.6. The Hall–Kier alpha value is -3.57. The maximum Gasteiger partial charge on any atom is 0.343 e. The van der Waals surface area contributed by atoms with E-state index < -0.39 is 35.4 Å². The molecule has 3 rings (SSSR count). The number of carbonyl (C=O) groups excluding carboxylic acids is 4. The summed E-state index contributed by atoms with van der Waals surface area (Å²) in [7, 11) is 1.22. The van der Waals surface area contributed by atoms with Crippen LogP contribution in [0.15, 0.2) is 41.3 Å². The van der Waals surface area contributed by atoms with Crippen LogP contribution in [0.2, 0.25) is 5.02 Å². The van der Waals surface area contributed by atoms with Crippen LogP contribution in [0.1, 0.15) is 12.5 Å². The second-order valence-electron chi connectivity index (χ2n) is 6.92. The Morgan fingerprint density at radius 3 is 2.63 bits per heavy atom. The molecule has 1 heterocycles. The van der Waals surface area contributed by atoms with Gasteiger partial charge in [-0.3, -0.25) is 19.3 Å². The molecule has 1 aliphatic rings. The van der Waals surface area contributed by atoms with Crippen LogP contribution in [0, 0.1) is 5.82 Å². The van der Waals surface area contributed by atoms with Gasteiger partial charge in [0.15, 0.2) is 18.1 Å². The van der Waals surface area contributed by atoms with Gasteiger partial charge in [0, 0.05) is 0 Å². The van der Waals surface area contributed by atoms with Crippen LogP contribution in [-0.2, 0) is 19.1 Å². The number of methoxy groups -OCH3 is 1. The predicted molar refractivity (Wildman–Crippen MR) is 128 cm³/mol. The first-order valence-electron chi connectivity index (χ1n) is 10.2. The van der Waals surface area contributed by atoms with Crippen molar-refractivity contribution in [2.75, 3.05) is 32.2 Å². The Morgan fingerprint density at radius 1 is 1.20 bits per heavy atom. The monoisotopic (exact) mass is 522 g/mol. The minimum atomic E-state index is -0.729. The lowest BCUT2D eigenvalue weighted by Gasteiger charge is -2.14. The molecule has 0 unspecified atom stereocenters. The summed E-state index contributed by atoms with van der Waals surface area (Å²) >= 11 is 6.94. The summed E-state index contributed by atoms with van der Waals surface area (Å²) in [4.78, 5) is 49.6. The molecule has 1 N–H and O–H groups in total. The molecule has 0 radical (unpaired) electrons. The number of benzene rings is 2. The molecular formula is C23H20ClFN2O7S. The van der Waals surface area contributed by atoms with Gasteiger partial charge >= 0.3 is 5.97 Å². The van der Waals surface area contributed by atoms with Crippen LogP contribution < -0.4 is 14.8 Å². The van der Waals surface area contributed by atoms with Gasteiger partial charge in [0.2, 0.25) is 5.91 Å². The molecule has 0 spiro atoms. The second kappa shape index (κ2) is 11.7. The quantitative estimate of drug-likeness (QED) is 0.387. The van der Waals surface area contributed by atoms with E-state index >= 15 is 0 Å². The van der Waals surface area contributed by atoms with Crippen LogP contribution in [0.3, 0.4) is 0 Å². The summed E-state index contributed by atoms with van der Waals surface area (Å²) in [6.45, 7) is 1.04. The molecule has 1 aliphatic heterocycles. The van der Waals surface area contributed by atoms with Crippen molar-refractivity contribution < 1.29 is 37.8 Å². The Balaban J connectivity index is 1.77. The molecule has 12 heteroatoms. The van der Waals surface area contributed by atoms with E-state index in [1.807, 2.05) is 0 Å². The van der Waals surface area contributed by atoms with Crippen molar-refractivity contribution in [3.63, 3.8) is 0 Å². The number of thioether (sulfide) groups is 1. The third-order valence-electron chi connectivity index (χ3n) is 4.51. The molecule has 0 bridgehead atoms. The number of imide groups is 1. The predicted octanol–water partition coefficient (Wildman–Crippen LogP) is 4.10. The van der Waals surface area contributed by atoms with E-state index in [1.54, 1.807) is 6.92 Å². The Labute approximate surface area is 209 Å². The number of hydrogen-bond donors (Lipinski definition) is 1. The molecule has 35 heavy (non-hydrogen) atoms. The SMILES string of the molecule is CCOc1cc(/C=C2\SC(=O)N(CC(=O)Nc3ccccc3F)C2=O)cc(Cl)c1OCC(=O)OC. The molecule has 0 aromatic heterocycles. The minimum absolute atomic E-state index is 0.0513. The van der Waals surface area contributed by atoms with Crippen molar-refractivity contribution in [1.29, 1.82) is 0 Å². The summed E-state index contributed by atoms with van der Waals surface area (Å²) < 4.78 is 29.2. The first-order chi connectivity index (χ1) is 16.7. The molecule has 184 valence electrons. The van der Waals surface area contributed by atoms with Crippen LogP contribution in [-0.4, -0.2) is 54.8 Å². The van der Waals surface area contributed by atoms with Crippen molar-refractivity contribution in [3.8, 4) is 11.5 Å². The largest absolute Gasteiger partial charge is 0.490 e. The van der Waals surface area contributed by atoms with Crippen LogP contribution >= 0.6 is 23.4 Å². The van der Waals surface area contributed by atoms with Crippen molar-refractivity contribution in [2.45, 2.75) is 6.92 Å². The molecule has 0 aliphatic carbocycles. The van der Waals surface area contributed by atoms with Gasteiger partial charge in [-0.25, -0.2) is 9.18 Å². The molecule has 2 aromatic rings. The van der Waals surface area contributed by atoms with E-state index in [0.717, 1.165) is 4.90 Å². The number of nitrogens with zero attached hydrogens (tertiary/aromatic N) is 1. The molecule has 1 fully saturated rings. The molecule has 1 saturated heterocycles. The topological polar surface area (TPSA) is 111 Å². The highest BCUT2D eigenvalue weighted by atomic mass is 35.5. The van der Waals surface area contributed by atoms with Gasteiger partial charge in [0.05, 0.1) is 29.3 Å². The minimum Gasteiger partial charge on any atom is -0.490 e. The summed E-state index contributed by atoms with van der Waals surface area (Å²) in [6, 6.07) is 8.53. The molecule has 3 amide bonds. The fourth-order valence-electron chi connectivity index (χ4n) is 2.95. The highest BCUT2D eigenvalue weighted by molar-refractivity contribution is 8.18. The Bertz CT molecular complexity index is 1200. The fraction of sp³-hybridized carbons (Fsp3) is 0.217. The molecule has 9 nitrogen and oxygen atoms in total. The number of rotatable bonds is 9. The number of amides is 3. The summed E-state index contributed by atoms with van der Waals surface area (Å²) in [5, 5.41) is 1.78. The number of esters is 1. The Morgan fingerprint density at radius 2 is 1.94 bits per heavy atom. The highest BCUT2D eigenvalue weighted by Crippen LogP contribution is 2.39. The fourth-order valence-corrected chi connectivity index (χ4v) is 4.06. The molecule has 0 atom stereocenters. The van der Waals surface area contributed by atoms with Crippen molar-refractivity contribution in [2.24, 2.45) is 0 Å². The van der Waals surface area contributed by atoms with E-state index in [-0.39, 0.29) is 40.3 Å². The van der Waals surface area contributed by atoms with Gasteiger partial charge in [0.25, 0.3) is 11.1 Å². The second-order valence-corrected chi connectivity index (χ2v) is 8.32. The molecule has 0 saturated carbocycles. The zero-order chi connectivity index (χ0) is 25.5. The van der Waals surface area contributed by atoms with E-state index in [2.05, 4.69) is 10.1 Å². The first-order valence-corrected chi connectivity index (χ1v) is 11.4. The first kappa shape index (κ1) is 26.0. The lowest BCUT2D eigenvalue weighted by Crippen LogP contribution is -2.36. The normalized spacial score (nSPS) is 14.3. The maximum absolute atomic E-state index is 13.7. The van der Waals surface area contributed by atoms with Crippen molar-refractivity contribution in [3.05, 3.63) is 57.7 Å². The van der Waals surface area contributed by atoms with Gasteiger partial charge in [0.1, 0.15) is 12.4 Å². The third-order valence-corrected chi connectivity index (χ3v) is 5.70. The number of anilines is 1. The van der Waals surface area contributed by atoms with Gasteiger partial charge < -0.3 is 19.5 Å². The lowest BCUT2D eigenvalue weighted by molar-refractivity contribution is -0.143. The Kier molecular flexibility index (Phi) is 8.72. The van der Waals surface area contributed by atoms with Crippen LogP contribution in [0.4, 0.5) is 14.9 Å². The molecule has 2 aromatic carbocycles. The van der Waals surface area contributed by atoms with Crippen LogP contribution in [0.5, 0.6) is 11.5 Å². The number of carbonyl (C=O) groups is 4. The number of nitrogens with one attached hydrogen (secondary N) is 1. The third kappa shape index (κ3) is 6.52. The van der Waals surface area contributed by atoms with Crippen molar-refractivity contribution in [1.82, 2.24) is 4.90 Å².